The van der Waals surface area contributed by atoms with Gasteiger partial charge < -0.3 is 25.1 Å². The summed E-state index contributed by atoms with van der Waals surface area (Å²) in [5, 5.41) is 9.50. The summed E-state index contributed by atoms with van der Waals surface area (Å²) in [7, 11) is -0.412. The first-order chi connectivity index (χ1) is 11.4. The summed E-state index contributed by atoms with van der Waals surface area (Å²) in [5.74, 6) is 0.791. The minimum Gasteiger partial charge on any atom is -0.465 e. The molecule has 2 rings (SSSR count). The smallest absolute Gasteiger partial charge is 0.407 e. The Balaban J connectivity index is 2.25. The molecule has 1 amide bonds. The van der Waals surface area contributed by atoms with Gasteiger partial charge in [-0.3, -0.25) is 0 Å². The van der Waals surface area contributed by atoms with Crippen LogP contribution in [0.3, 0.4) is 0 Å². The van der Waals surface area contributed by atoms with Crippen molar-refractivity contribution in [2.45, 2.75) is 51.0 Å². The van der Waals surface area contributed by atoms with Gasteiger partial charge in [-0.2, -0.15) is 0 Å². The van der Waals surface area contributed by atoms with Gasteiger partial charge in [0.1, 0.15) is 5.82 Å². The fourth-order valence-electron chi connectivity index (χ4n) is 2.71. The molecule has 1 aliphatic heterocycles. The van der Waals surface area contributed by atoms with Gasteiger partial charge in [-0.15, -0.1) is 0 Å². The van der Waals surface area contributed by atoms with Crippen LogP contribution in [0.4, 0.5) is 16.3 Å². The fourth-order valence-corrected chi connectivity index (χ4v) is 4.06. The van der Waals surface area contributed by atoms with E-state index in [2.05, 4.69) is 43.7 Å². The van der Waals surface area contributed by atoms with Crippen LogP contribution in [0.25, 0.3) is 0 Å². The summed E-state index contributed by atoms with van der Waals surface area (Å²) in [6.45, 7) is 12.1. The van der Waals surface area contributed by atoms with Crippen LogP contribution < -0.4 is 10.6 Å². The molecule has 8 heteroatoms. The third-order valence-corrected chi connectivity index (χ3v) is 9.89. The second-order valence-corrected chi connectivity index (χ2v) is 13.0. The van der Waals surface area contributed by atoms with Crippen molar-refractivity contribution in [3.05, 3.63) is 18.3 Å². The van der Waals surface area contributed by atoms with E-state index < -0.39 is 14.4 Å². The molecule has 3 N–H and O–H groups in total. The Morgan fingerprint density at radius 1 is 1.40 bits per heavy atom. The lowest BCUT2D eigenvalue weighted by Gasteiger charge is -2.40. The van der Waals surface area contributed by atoms with Gasteiger partial charge in [0, 0.05) is 20.1 Å². The lowest BCUT2D eigenvalue weighted by molar-refractivity contribution is 0.0923. The minimum absolute atomic E-state index is 0.0617. The SMILES string of the molecule is CN(C(=O)O)[C@@H]1CN(c2ccc(N)cn2)C[C@H]1O[Si](C)(C)C(C)(C)C. The highest BCUT2D eigenvalue weighted by Gasteiger charge is 2.45. The second kappa shape index (κ2) is 6.84. The predicted molar refractivity (Wildman–Crippen MR) is 103 cm³/mol. The molecule has 1 fully saturated rings. The highest BCUT2D eigenvalue weighted by molar-refractivity contribution is 6.74. The zero-order chi connectivity index (χ0) is 19.0. The number of pyridine rings is 1. The first-order valence-electron chi connectivity index (χ1n) is 8.52. The van der Waals surface area contributed by atoms with Crippen molar-refractivity contribution < 1.29 is 14.3 Å². The van der Waals surface area contributed by atoms with Crippen molar-refractivity contribution in [3.63, 3.8) is 0 Å². The van der Waals surface area contributed by atoms with Gasteiger partial charge in [0.2, 0.25) is 0 Å². The number of hydrogen-bond donors (Lipinski definition) is 2. The number of anilines is 2. The van der Waals surface area contributed by atoms with Gasteiger partial charge in [0.05, 0.1) is 24.0 Å². The van der Waals surface area contributed by atoms with Gasteiger partial charge in [-0.05, 0) is 30.3 Å². The van der Waals surface area contributed by atoms with Crippen molar-refractivity contribution in [2.24, 2.45) is 0 Å². The molecule has 0 aromatic carbocycles. The quantitative estimate of drug-likeness (QED) is 0.796. The maximum Gasteiger partial charge on any atom is 0.407 e. The van der Waals surface area contributed by atoms with Crippen molar-refractivity contribution in [1.82, 2.24) is 9.88 Å². The topological polar surface area (TPSA) is 91.9 Å². The Morgan fingerprint density at radius 2 is 2.04 bits per heavy atom. The zero-order valence-corrected chi connectivity index (χ0v) is 17.0. The van der Waals surface area contributed by atoms with Crippen LogP contribution in [0.1, 0.15) is 20.8 Å². The van der Waals surface area contributed by atoms with Crippen LogP contribution in [0.15, 0.2) is 18.3 Å². The molecular weight excluding hydrogens is 336 g/mol. The number of rotatable bonds is 4. The molecule has 7 nitrogen and oxygen atoms in total. The number of likely N-dealkylation sites (N-methyl/N-ethyl adjacent to an activating group) is 1. The second-order valence-electron chi connectivity index (χ2n) is 8.23. The van der Waals surface area contributed by atoms with Crippen molar-refractivity contribution in [1.29, 1.82) is 0 Å². The van der Waals surface area contributed by atoms with E-state index in [0.29, 0.717) is 18.8 Å². The predicted octanol–water partition coefficient (Wildman–Crippen LogP) is 2.85. The molecule has 1 aromatic heterocycles. The average Bonchev–Trinajstić information content (AvgIpc) is 2.89. The molecule has 0 aliphatic carbocycles. The molecule has 25 heavy (non-hydrogen) atoms. The zero-order valence-electron chi connectivity index (χ0n) is 16.0. The van der Waals surface area contributed by atoms with Crippen LogP contribution in [0.2, 0.25) is 18.1 Å². The largest absolute Gasteiger partial charge is 0.465 e. The third-order valence-electron chi connectivity index (χ3n) is 5.38. The van der Waals surface area contributed by atoms with Crippen LogP contribution in [-0.4, -0.2) is 61.7 Å². The molecule has 2 heterocycles. The van der Waals surface area contributed by atoms with E-state index in [4.69, 9.17) is 10.2 Å². The van der Waals surface area contributed by atoms with Gasteiger partial charge in [0.15, 0.2) is 8.32 Å². The maximum absolute atomic E-state index is 11.5. The van der Waals surface area contributed by atoms with E-state index >= 15 is 0 Å². The molecule has 2 atom stereocenters. The number of nitrogens with two attached hydrogens (primary N) is 1. The Morgan fingerprint density at radius 3 is 2.52 bits per heavy atom. The standard InChI is InChI=1S/C17H30N4O3Si/c1-17(2,3)25(5,6)24-14-11-21(10-13(14)20(4)16(22)23)15-8-7-12(18)9-19-15/h7-9,13-14H,10-11,18H2,1-6H3,(H,22,23)/t13-,14-/m1/s1. The molecular formula is C17H30N4O3Si. The van der Waals surface area contributed by atoms with E-state index in [9.17, 15) is 9.90 Å². The molecule has 1 aromatic rings. The number of hydrogen-bond acceptors (Lipinski definition) is 5. The monoisotopic (exact) mass is 366 g/mol. The summed E-state index contributed by atoms with van der Waals surface area (Å²) in [5.41, 5.74) is 6.32. The summed E-state index contributed by atoms with van der Waals surface area (Å²) < 4.78 is 6.56. The Bertz CT molecular complexity index is 615. The van der Waals surface area contributed by atoms with E-state index in [1.807, 2.05) is 6.07 Å². The highest BCUT2D eigenvalue weighted by atomic mass is 28.4. The molecule has 0 radical (unpaired) electrons. The lowest BCUT2D eigenvalue weighted by atomic mass is 10.2. The van der Waals surface area contributed by atoms with E-state index in [1.54, 1.807) is 19.3 Å². The minimum atomic E-state index is -2.02. The molecule has 1 saturated heterocycles. The van der Waals surface area contributed by atoms with Crippen LogP contribution in [0, 0.1) is 0 Å². The molecule has 1 aliphatic rings. The summed E-state index contributed by atoms with van der Waals surface area (Å²) in [6.07, 6.45) is 0.495. The molecule has 140 valence electrons. The average molecular weight is 367 g/mol. The molecule has 0 unspecified atom stereocenters. The number of nitrogens with zero attached hydrogens (tertiary/aromatic N) is 3. The first kappa shape index (κ1) is 19.5. The van der Waals surface area contributed by atoms with E-state index in [0.717, 1.165) is 5.82 Å². The summed E-state index contributed by atoms with van der Waals surface area (Å²) >= 11 is 0. The van der Waals surface area contributed by atoms with E-state index in [1.165, 1.54) is 4.90 Å². The Labute approximate surface area is 150 Å². The van der Waals surface area contributed by atoms with Crippen LogP contribution in [0.5, 0.6) is 0 Å². The number of carbonyl (C=O) groups is 1. The van der Waals surface area contributed by atoms with Crippen molar-refractivity contribution in [3.8, 4) is 0 Å². The van der Waals surface area contributed by atoms with Gasteiger partial charge in [-0.25, -0.2) is 9.78 Å². The summed E-state index contributed by atoms with van der Waals surface area (Å²) in [6, 6.07) is 3.44. The number of amides is 1. The normalized spacial score (nSPS) is 21.4. The van der Waals surface area contributed by atoms with Gasteiger partial charge in [0.25, 0.3) is 0 Å². The molecule has 0 spiro atoms. The van der Waals surface area contributed by atoms with Crippen LogP contribution >= 0.6 is 0 Å². The van der Waals surface area contributed by atoms with Crippen LogP contribution in [-0.2, 0) is 4.43 Å². The lowest BCUT2D eigenvalue weighted by Crippen LogP contribution is -2.51. The molecule has 0 bridgehead atoms. The fraction of sp³-hybridized carbons (Fsp3) is 0.647. The van der Waals surface area contributed by atoms with Gasteiger partial charge >= 0.3 is 6.09 Å². The summed E-state index contributed by atoms with van der Waals surface area (Å²) in [4.78, 5) is 19.3. The third kappa shape index (κ3) is 4.24. The molecule has 0 saturated carbocycles. The maximum atomic E-state index is 11.5. The van der Waals surface area contributed by atoms with Crippen molar-refractivity contribution in [2.75, 3.05) is 30.8 Å². The van der Waals surface area contributed by atoms with E-state index in [-0.39, 0.29) is 17.2 Å². The Kier molecular flexibility index (Phi) is 5.34. The first-order valence-corrected chi connectivity index (χ1v) is 11.4. The number of nitrogen functional groups attached to an aromatic ring is 1. The Hall–Kier alpha value is -1.80. The highest BCUT2D eigenvalue weighted by Crippen LogP contribution is 2.39. The number of carboxylic acid groups (broad SMARTS) is 1. The van der Waals surface area contributed by atoms with Gasteiger partial charge in [-0.1, -0.05) is 20.8 Å². The van der Waals surface area contributed by atoms with Crippen molar-refractivity contribution >= 4 is 25.9 Å². The number of aromatic nitrogens is 1.